The summed E-state index contributed by atoms with van der Waals surface area (Å²) in [6, 6.07) is 1.09. The quantitative estimate of drug-likeness (QED) is 0.614. The molecule has 5 heterocycles. The Bertz CT molecular complexity index is 1280. The Hall–Kier alpha value is -2.18. The van der Waals surface area contributed by atoms with E-state index < -0.39 is 11.7 Å². The molecule has 0 aromatic carbocycles. The molecule has 2 aromatic rings. The van der Waals surface area contributed by atoms with Crippen LogP contribution in [-0.4, -0.2) is 72.0 Å². The van der Waals surface area contributed by atoms with E-state index in [0.717, 1.165) is 57.3 Å². The lowest BCUT2D eigenvalue weighted by Gasteiger charge is -2.51. The average molecular weight is 535 g/mol. The Kier molecular flexibility index (Phi) is 6.71. The first-order valence-corrected chi connectivity index (χ1v) is 13.6. The minimum atomic E-state index is -4.56. The molecule has 1 saturated carbocycles. The molecular weight excluding hydrogens is 497 g/mol. The van der Waals surface area contributed by atoms with E-state index in [0.29, 0.717) is 31.2 Å². The van der Waals surface area contributed by atoms with Crippen LogP contribution in [0, 0.1) is 11.3 Å². The third kappa shape index (κ3) is 4.62. The smallest absolute Gasteiger partial charge is 0.380 e. The number of nitrogens with one attached hydrogen (secondary N) is 2. The van der Waals surface area contributed by atoms with Crippen molar-refractivity contribution < 1.29 is 17.9 Å². The van der Waals surface area contributed by atoms with Crippen molar-refractivity contribution in [2.75, 3.05) is 47.1 Å². The molecule has 4 aliphatic rings. The summed E-state index contributed by atoms with van der Waals surface area (Å²) in [5.41, 5.74) is 6.64. The van der Waals surface area contributed by atoms with Crippen molar-refractivity contribution >= 4 is 11.1 Å². The third-order valence-electron chi connectivity index (χ3n) is 9.22. The zero-order valence-corrected chi connectivity index (χ0v) is 22.1. The van der Waals surface area contributed by atoms with Crippen LogP contribution in [0.2, 0.25) is 0 Å². The maximum Gasteiger partial charge on any atom is 0.418 e. The molecule has 3 aliphatic heterocycles. The predicted molar refractivity (Wildman–Crippen MR) is 138 cm³/mol. The number of rotatable bonds is 5. The van der Waals surface area contributed by atoms with Crippen LogP contribution in [0.3, 0.4) is 0 Å². The van der Waals surface area contributed by atoms with Gasteiger partial charge < -0.3 is 9.64 Å². The molecule has 6 rings (SSSR count). The fourth-order valence-corrected chi connectivity index (χ4v) is 6.93. The molecule has 8 nitrogen and oxygen atoms in total. The van der Waals surface area contributed by atoms with Gasteiger partial charge in [-0.2, -0.15) is 13.2 Å². The number of alkyl halides is 3. The molecule has 11 heteroatoms. The van der Waals surface area contributed by atoms with E-state index in [1.54, 1.807) is 10.8 Å². The maximum atomic E-state index is 14.2. The van der Waals surface area contributed by atoms with Crippen LogP contribution in [0.15, 0.2) is 29.3 Å². The molecule has 38 heavy (non-hydrogen) atoms. The maximum absolute atomic E-state index is 14.2. The van der Waals surface area contributed by atoms with Crippen molar-refractivity contribution in [3.05, 3.63) is 46.1 Å². The molecular formula is C27H37F3N6O2. The number of likely N-dealkylation sites (N-methyl/N-ethyl adjacent to an activating group) is 1. The van der Waals surface area contributed by atoms with Crippen LogP contribution in [0.1, 0.15) is 55.7 Å². The van der Waals surface area contributed by atoms with Gasteiger partial charge in [-0.3, -0.25) is 13.9 Å². The van der Waals surface area contributed by atoms with Crippen molar-refractivity contribution in [2.45, 2.75) is 56.9 Å². The fourth-order valence-electron chi connectivity index (χ4n) is 6.93. The Morgan fingerprint density at radius 2 is 2.00 bits per heavy atom. The van der Waals surface area contributed by atoms with Gasteiger partial charge in [-0.05, 0) is 69.3 Å². The van der Waals surface area contributed by atoms with Crippen LogP contribution in [0.5, 0.6) is 0 Å². The van der Waals surface area contributed by atoms with Gasteiger partial charge >= 0.3 is 11.9 Å². The number of ether oxygens (including phenoxy) is 1. The normalized spacial score (nSPS) is 29.0. The van der Waals surface area contributed by atoms with Gasteiger partial charge in [-0.15, -0.1) is 0 Å². The summed E-state index contributed by atoms with van der Waals surface area (Å²) < 4.78 is 51.2. The molecule has 2 saturated heterocycles. The standard InChI is InChI=1S/C27H37F3N6O2/c1-33-8-4-5-18(12-33)19-9-22(27(28,29)30)23-14-35(25(37)36(23)13-19)21-7-3-6-20(10-21)26(15-38-16-26)11-24-32-31-17-34(24)2/h5,9,13-14,20-21,24,31-32H,3-4,6-8,10-12,15-17H2,1-2H3. The molecule has 2 aromatic heterocycles. The second-order valence-electron chi connectivity index (χ2n) is 11.8. The first-order valence-electron chi connectivity index (χ1n) is 13.6. The minimum absolute atomic E-state index is 0.0170. The van der Waals surface area contributed by atoms with Crippen LogP contribution < -0.4 is 16.5 Å². The number of aromatic nitrogens is 2. The van der Waals surface area contributed by atoms with Crippen LogP contribution in [0.4, 0.5) is 13.2 Å². The molecule has 1 aliphatic carbocycles. The SMILES string of the molecule is CN1CCC=C(c2cc(C(F)(F)F)c3cn(C4CCCC(C5(CC6NNCN6C)COC5)C4)c(=O)n3c2)C1. The summed E-state index contributed by atoms with van der Waals surface area (Å²) in [5.74, 6) is 0.348. The van der Waals surface area contributed by atoms with Crippen molar-refractivity contribution in [2.24, 2.45) is 11.3 Å². The number of fused-ring (bicyclic) bond motifs is 1. The zero-order chi connectivity index (χ0) is 26.7. The van der Waals surface area contributed by atoms with Crippen molar-refractivity contribution in [3.8, 4) is 0 Å². The molecule has 208 valence electrons. The Labute approximate surface area is 220 Å². The van der Waals surface area contributed by atoms with Gasteiger partial charge in [0, 0.05) is 36.9 Å². The van der Waals surface area contributed by atoms with E-state index in [4.69, 9.17) is 4.74 Å². The summed E-state index contributed by atoms with van der Waals surface area (Å²) in [6.07, 6.45) is 5.95. The van der Waals surface area contributed by atoms with Crippen molar-refractivity contribution in [3.63, 3.8) is 0 Å². The van der Waals surface area contributed by atoms with E-state index >= 15 is 0 Å². The Morgan fingerprint density at radius 1 is 1.18 bits per heavy atom. The van der Waals surface area contributed by atoms with Gasteiger partial charge in [0.1, 0.15) is 0 Å². The summed E-state index contributed by atoms with van der Waals surface area (Å²) in [7, 11) is 4.03. The molecule has 3 unspecified atom stereocenters. The number of imidazole rings is 1. The topological polar surface area (TPSA) is 66.2 Å². The molecule has 0 spiro atoms. The number of hydrogen-bond donors (Lipinski definition) is 2. The predicted octanol–water partition coefficient (Wildman–Crippen LogP) is 3.30. The van der Waals surface area contributed by atoms with Crippen molar-refractivity contribution in [1.82, 2.24) is 29.6 Å². The number of hydrogen-bond acceptors (Lipinski definition) is 6. The summed E-state index contributed by atoms with van der Waals surface area (Å²) in [5, 5.41) is 0. The van der Waals surface area contributed by atoms with Gasteiger partial charge in [0.15, 0.2) is 0 Å². The lowest BCUT2D eigenvalue weighted by molar-refractivity contribution is -0.167. The van der Waals surface area contributed by atoms with Gasteiger partial charge in [0.25, 0.3) is 0 Å². The lowest BCUT2D eigenvalue weighted by atomic mass is 9.64. The summed E-state index contributed by atoms with van der Waals surface area (Å²) in [4.78, 5) is 18.0. The average Bonchev–Trinajstić information content (AvgIpc) is 3.42. The highest BCUT2D eigenvalue weighted by atomic mass is 19.4. The minimum Gasteiger partial charge on any atom is -0.380 e. The molecule has 2 N–H and O–H groups in total. The molecule has 0 bridgehead atoms. The highest BCUT2D eigenvalue weighted by Gasteiger charge is 2.49. The van der Waals surface area contributed by atoms with Gasteiger partial charge in [-0.1, -0.05) is 12.5 Å². The molecule has 3 atom stereocenters. The monoisotopic (exact) mass is 534 g/mol. The lowest BCUT2D eigenvalue weighted by Crippen LogP contribution is -2.54. The third-order valence-corrected chi connectivity index (χ3v) is 9.22. The Balaban J connectivity index is 1.33. The second kappa shape index (κ2) is 9.78. The number of pyridine rings is 1. The van der Waals surface area contributed by atoms with Gasteiger partial charge in [0.05, 0.1) is 37.1 Å². The van der Waals surface area contributed by atoms with E-state index in [2.05, 4.69) is 27.7 Å². The number of nitrogens with zero attached hydrogens (tertiary/aromatic N) is 4. The first-order chi connectivity index (χ1) is 18.1. The second-order valence-corrected chi connectivity index (χ2v) is 11.8. The molecule has 0 radical (unpaired) electrons. The van der Waals surface area contributed by atoms with Crippen LogP contribution in [0.25, 0.3) is 11.1 Å². The largest absolute Gasteiger partial charge is 0.418 e. The zero-order valence-electron chi connectivity index (χ0n) is 22.1. The Morgan fingerprint density at radius 3 is 2.66 bits per heavy atom. The summed E-state index contributed by atoms with van der Waals surface area (Å²) >= 11 is 0. The van der Waals surface area contributed by atoms with Crippen LogP contribution in [-0.2, 0) is 10.9 Å². The summed E-state index contributed by atoms with van der Waals surface area (Å²) in [6.45, 7) is 3.58. The molecule has 0 amide bonds. The highest BCUT2D eigenvalue weighted by molar-refractivity contribution is 5.71. The fraction of sp³-hybridized carbons (Fsp3) is 0.667. The first kappa shape index (κ1) is 26.1. The van der Waals surface area contributed by atoms with E-state index in [-0.39, 0.29) is 28.8 Å². The van der Waals surface area contributed by atoms with Crippen molar-refractivity contribution in [1.29, 1.82) is 0 Å². The van der Waals surface area contributed by atoms with Gasteiger partial charge in [-0.25, -0.2) is 15.6 Å². The number of halogens is 3. The van der Waals surface area contributed by atoms with E-state index in [1.807, 2.05) is 13.1 Å². The highest BCUT2D eigenvalue weighted by Crippen LogP contribution is 2.49. The number of hydrazine groups is 1. The van der Waals surface area contributed by atoms with E-state index in [1.165, 1.54) is 16.7 Å². The van der Waals surface area contributed by atoms with E-state index in [9.17, 15) is 18.0 Å². The van der Waals surface area contributed by atoms with Gasteiger partial charge in [0.2, 0.25) is 0 Å². The molecule has 3 fully saturated rings. The van der Waals surface area contributed by atoms with Crippen LogP contribution >= 0.6 is 0 Å².